The Kier molecular flexibility index (Phi) is 7.16. The molecule has 3 aromatic rings. The van der Waals surface area contributed by atoms with E-state index in [1.807, 2.05) is 66.0 Å². The van der Waals surface area contributed by atoms with Gasteiger partial charge < -0.3 is 15.3 Å². The zero-order valence-electron chi connectivity index (χ0n) is 16.2. The third kappa shape index (κ3) is 6.01. The molecule has 29 heavy (non-hydrogen) atoms. The Labute approximate surface area is 174 Å². The fourth-order valence-electron chi connectivity index (χ4n) is 2.98. The van der Waals surface area contributed by atoms with Gasteiger partial charge in [0.25, 0.3) is 5.91 Å². The molecule has 0 radical (unpaired) electrons. The molecule has 1 heterocycles. The van der Waals surface area contributed by atoms with Crippen molar-refractivity contribution < 1.29 is 14.7 Å². The zero-order chi connectivity index (χ0) is 20.6. The number of nitrogens with one attached hydrogen (secondary N) is 1. The van der Waals surface area contributed by atoms with Crippen molar-refractivity contribution in [2.45, 2.75) is 18.9 Å². The number of aryl methyl sites for hydroxylation is 1. The molecule has 0 aliphatic rings. The Morgan fingerprint density at radius 1 is 1.03 bits per heavy atom. The number of thiophene rings is 1. The minimum atomic E-state index is -0.494. The van der Waals surface area contributed by atoms with Crippen molar-refractivity contribution in [3.8, 4) is 0 Å². The second kappa shape index (κ2) is 10.0. The van der Waals surface area contributed by atoms with Gasteiger partial charge in [0.15, 0.2) is 0 Å². The number of hydrogen-bond acceptors (Lipinski definition) is 4. The number of aliphatic hydroxyl groups is 1. The SMILES string of the molecule is CN(CC(=O)Nc1ccc(CC[C@H](O)c2ccccc2)cc1)C(=O)c1cccs1. The third-order valence-electron chi connectivity index (χ3n) is 4.59. The maximum absolute atomic E-state index is 12.2. The molecular weight excluding hydrogens is 384 g/mol. The number of carbonyl (C=O) groups is 2. The number of aliphatic hydroxyl groups excluding tert-OH is 1. The Balaban J connectivity index is 1.47. The molecule has 0 aliphatic heterocycles. The first-order valence-electron chi connectivity index (χ1n) is 9.43. The summed E-state index contributed by atoms with van der Waals surface area (Å²) in [6.07, 6.45) is 0.875. The van der Waals surface area contributed by atoms with Gasteiger partial charge in [-0.2, -0.15) is 0 Å². The van der Waals surface area contributed by atoms with Crippen LogP contribution in [-0.2, 0) is 11.2 Å². The summed E-state index contributed by atoms with van der Waals surface area (Å²) in [5.41, 5.74) is 2.68. The lowest BCUT2D eigenvalue weighted by molar-refractivity contribution is -0.116. The molecule has 2 aromatic carbocycles. The standard InChI is InChI=1S/C23H24N2O3S/c1-25(23(28)21-8-5-15-29-21)16-22(27)24-19-12-9-17(10-13-19)11-14-20(26)18-6-3-2-4-7-18/h2-10,12-13,15,20,26H,11,14,16H2,1H3,(H,24,27)/t20-/m0/s1. The van der Waals surface area contributed by atoms with Crippen LogP contribution in [0, 0.1) is 0 Å². The predicted molar refractivity (Wildman–Crippen MR) is 116 cm³/mol. The van der Waals surface area contributed by atoms with Gasteiger partial charge in [0.05, 0.1) is 17.5 Å². The Bertz CT molecular complexity index is 925. The van der Waals surface area contributed by atoms with E-state index in [1.54, 1.807) is 13.1 Å². The van der Waals surface area contributed by atoms with E-state index in [9.17, 15) is 14.7 Å². The van der Waals surface area contributed by atoms with Gasteiger partial charge in [0.2, 0.25) is 5.91 Å². The Morgan fingerprint density at radius 3 is 2.41 bits per heavy atom. The number of amides is 2. The van der Waals surface area contributed by atoms with E-state index in [4.69, 9.17) is 0 Å². The molecule has 0 unspecified atom stereocenters. The van der Waals surface area contributed by atoms with E-state index >= 15 is 0 Å². The van der Waals surface area contributed by atoms with Crippen molar-refractivity contribution in [3.63, 3.8) is 0 Å². The molecule has 150 valence electrons. The summed E-state index contributed by atoms with van der Waals surface area (Å²) in [5, 5.41) is 14.9. The quantitative estimate of drug-likeness (QED) is 0.589. The fourth-order valence-corrected chi connectivity index (χ4v) is 3.69. The number of carbonyl (C=O) groups excluding carboxylic acids is 2. The van der Waals surface area contributed by atoms with Gasteiger partial charge in [0.1, 0.15) is 0 Å². The molecule has 6 heteroatoms. The highest BCUT2D eigenvalue weighted by Crippen LogP contribution is 2.19. The molecule has 1 atom stereocenters. The fraction of sp³-hybridized carbons (Fsp3) is 0.217. The number of anilines is 1. The van der Waals surface area contributed by atoms with Crippen LogP contribution < -0.4 is 5.32 Å². The number of likely N-dealkylation sites (N-methyl/N-ethyl adjacent to an activating group) is 1. The monoisotopic (exact) mass is 408 g/mol. The average Bonchev–Trinajstić information content (AvgIpc) is 3.28. The molecule has 2 N–H and O–H groups in total. The van der Waals surface area contributed by atoms with Crippen LogP contribution in [0.2, 0.25) is 0 Å². The van der Waals surface area contributed by atoms with Crippen LogP contribution in [0.3, 0.4) is 0 Å². The summed E-state index contributed by atoms with van der Waals surface area (Å²) < 4.78 is 0. The third-order valence-corrected chi connectivity index (χ3v) is 5.45. The lowest BCUT2D eigenvalue weighted by Gasteiger charge is -2.16. The van der Waals surface area contributed by atoms with Crippen molar-refractivity contribution in [2.75, 3.05) is 18.9 Å². The second-order valence-corrected chi connectivity index (χ2v) is 7.80. The largest absolute Gasteiger partial charge is 0.388 e. The minimum Gasteiger partial charge on any atom is -0.388 e. The van der Waals surface area contributed by atoms with E-state index in [-0.39, 0.29) is 18.4 Å². The molecule has 0 fully saturated rings. The molecule has 5 nitrogen and oxygen atoms in total. The molecule has 2 amide bonds. The van der Waals surface area contributed by atoms with E-state index in [1.165, 1.54) is 16.2 Å². The molecule has 1 aromatic heterocycles. The first kappa shape index (κ1) is 20.8. The van der Waals surface area contributed by atoms with E-state index in [0.29, 0.717) is 17.0 Å². The van der Waals surface area contributed by atoms with Crippen LogP contribution in [0.15, 0.2) is 72.1 Å². The normalized spacial score (nSPS) is 11.7. The van der Waals surface area contributed by atoms with Crippen LogP contribution in [0.1, 0.15) is 33.3 Å². The zero-order valence-corrected chi connectivity index (χ0v) is 17.1. The smallest absolute Gasteiger partial charge is 0.264 e. The van der Waals surface area contributed by atoms with Crippen molar-refractivity contribution in [3.05, 3.63) is 88.1 Å². The maximum atomic E-state index is 12.2. The Morgan fingerprint density at radius 2 is 1.76 bits per heavy atom. The topological polar surface area (TPSA) is 69.6 Å². The van der Waals surface area contributed by atoms with Gasteiger partial charge in [-0.25, -0.2) is 0 Å². The highest BCUT2D eigenvalue weighted by Gasteiger charge is 2.15. The summed E-state index contributed by atoms with van der Waals surface area (Å²) in [6.45, 7) is -0.0121. The molecular formula is C23H24N2O3S. The highest BCUT2D eigenvalue weighted by atomic mass is 32.1. The predicted octanol–water partition coefficient (Wildman–Crippen LogP) is 4.13. The minimum absolute atomic E-state index is 0.0121. The van der Waals surface area contributed by atoms with Crippen molar-refractivity contribution in [2.24, 2.45) is 0 Å². The van der Waals surface area contributed by atoms with Crippen molar-refractivity contribution >= 4 is 28.8 Å². The lowest BCUT2D eigenvalue weighted by Crippen LogP contribution is -2.34. The van der Waals surface area contributed by atoms with Crippen LogP contribution >= 0.6 is 11.3 Å². The molecule has 0 bridgehead atoms. The van der Waals surface area contributed by atoms with Crippen LogP contribution in [0.5, 0.6) is 0 Å². The van der Waals surface area contributed by atoms with E-state index in [0.717, 1.165) is 17.5 Å². The molecule has 0 spiro atoms. The van der Waals surface area contributed by atoms with Gasteiger partial charge in [-0.05, 0) is 47.5 Å². The van der Waals surface area contributed by atoms with Gasteiger partial charge in [-0.15, -0.1) is 11.3 Å². The van der Waals surface area contributed by atoms with Crippen molar-refractivity contribution in [1.29, 1.82) is 0 Å². The van der Waals surface area contributed by atoms with Crippen LogP contribution in [-0.4, -0.2) is 35.4 Å². The Hall–Kier alpha value is -2.96. The number of nitrogens with zero attached hydrogens (tertiary/aromatic N) is 1. The molecule has 0 saturated carbocycles. The van der Waals surface area contributed by atoms with E-state index < -0.39 is 6.10 Å². The van der Waals surface area contributed by atoms with Gasteiger partial charge in [-0.3, -0.25) is 9.59 Å². The first-order valence-corrected chi connectivity index (χ1v) is 10.3. The summed E-state index contributed by atoms with van der Waals surface area (Å²) in [5.74, 6) is -0.410. The molecule has 0 saturated heterocycles. The summed E-state index contributed by atoms with van der Waals surface area (Å²) >= 11 is 1.36. The van der Waals surface area contributed by atoms with Crippen molar-refractivity contribution in [1.82, 2.24) is 4.90 Å². The van der Waals surface area contributed by atoms with E-state index in [2.05, 4.69) is 5.32 Å². The lowest BCUT2D eigenvalue weighted by atomic mass is 10.0. The van der Waals surface area contributed by atoms with Gasteiger partial charge in [-0.1, -0.05) is 48.5 Å². The summed E-state index contributed by atoms with van der Waals surface area (Å²) in [6, 6.07) is 20.7. The van der Waals surface area contributed by atoms with Crippen LogP contribution in [0.25, 0.3) is 0 Å². The summed E-state index contributed by atoms with van der Waals surface area (Å²) in [4.78, 5) is 26.4. The van der Waals surface area contributed by atoms with Crippen LogP contribution in [0.4, 0.5) is 5.69 Å². The highest BCUT2D eigenvalue weighted by molar-refractivity contribution is 7.12. The van der Waals surface area contributed by atoms with Gasteiger partial charge in [0, 0.05) is 12.7 Å². The van der Waals surface area contributed by atoms with Gasteiger partial charge >= 0.3 is 0 Å². The maximum Gasteiger partial charge on any atom is 0.264 e. The molecule has 0 aliphatic carbocycles. The number of benzene rings is 2. The molecule has 3 rings (SSSR count). The number of hydrogen-bond donors (Lipinski definition) is 2. The average molecular weight is 409 g/mol. The second-order valence-electron chi connectivity index (χ2n) is 6.85. The summed E-state index contributed by atoms with van der Waals surface area (Å²) in [7, 11) is 1.61. The first-order chi connectivity index (χ1) is 14.0. The number of rotatable bonds is 8.